The lowest BCUT2D eigenvalue weighted by atomic mass is 9.90. The smallest absolute Gasteiger partial charge is 0.0280 e. The minimum Gasteiger partial charge on any atom is -0.310 e. The van der Waals surface area contributed by atoms with Crippen molar-refractivity contribution in [2.24, 2.45) is 0 Å². The van der Waals surface area contributed by atoms with E-state index in [9.17, 15) is 0 Å². The van der Waals surface area contributed by atoms with Gasteiger partial charge in [0.05, 0.1) is 0 Å². The molecule has 1 N–H and O–H groups in total. The molecule has 0 aromatic rings. The molecular weight excluding hydrogens is 222 g/mol. The molecule has 3 heteroatoms. The van der Waals surface area contributed by atoms with E-state index < -0.39 is 0 Å². The van der Waals surface area contributed by atoms with Gasteiger partial charge in [0, 0.05) is 43.8 Å². The highest BCUT2D eigenvalue weighted by Crippen LogP contribution is 2.22. The molecule has 1 unspecified atom stereocenters. The largest absolute Gasteiger partial charge is 0.310 e. The van der Waals surface area contributed by atoms with Crippen LogP contribution in [0.5, 0.6) is 0 Å². The lowest BCUT2D eigenvalue weighted by molar-refractivity contribution is 0.0460. The van der Waals surface area contributed by atoms with Crippen LogP contribution < -0.4 is 5.32 Å². The van der Waals surface area contributed by atoms with E-state index in [2.05, 4.69) is 42.8 Å². The first-order valence-electron chi connectivity index (χ1n) is 7.62. The Morgan fingerprint density at radius 2 is 1.72 bits per heavy atom. The topological polar surface area (TPSA) is 18.5 Å². The summed E-state index contributed by atoms with van der Waals surface area (Å²) in [5, 5.41) is 3.73. The van der Waals surface area contributed by atoms with Gasteiger partial charge in [0.1, 0.15) is 0 Å². The highest BCUT2D eigenvalue weighted by molar-refractivity contribution is 4.91. The van der Waals surface area contributed by atoms with Crippen LogP contribution in [0.15, 0.2) is 0 Å². The SMILES string of the molecule is CC1(CN2CCN(C(C)(C)C)CC2)CCCCN1. The number of hydrogen-bond acceptors (Lipinski definition) is 3. The summed E-state index contributed by atoms with van der Waals surface area (Å²) in [6, 6.07) is 0. The molecule has 0 saturated carbocycles. The van der Waals surface area contributed by atoms with Crippen molar-refractivity contribution in [3.63, 3.8) is 0 Å². The van der Waals surface area contributed by atoms with Gasteiger partial charge in [-0.15, -0.1) is 0 Å². The van der Waals surface area contributed by atoms with Crippen LogP contribution >= 0.6 is 0 Å². The third kappa shape index (κ3) is 3.69. The Balaban J connectivity index is 1.79. The van der Waals surface area contributed by atoms with Crippen LogP contribution in [0, 0.1) is 0 Å². The van der Waals surface area contributed by atoms with Crippen LogP contribution in [0.1, 0.15) is 47.0 Å². The molecule has 106 valence electrons. The Morgan fingerprint density at radius 3 is 2.22 bits per heavy atom. The first-order chi connectivity index (χ1) is 8.39. The van der Waals surface area contributed by atoms with E-state index in [0.717, 1.165) is 0 Å². The monoisotopic (exact) mass is 253 g/mol. The first kappa shape index (κ1) is 14.3. The van der Waals surface area contributed by atoms with Crippen LogP contribution in [-0.2, 0) is 0 Å². The fraction of sp³-hybridized carbons (Fsp3) is 1.00. The summed E-state index contributed by atoms with van der Waals surface area (Å²) in [5.74, 6) is 0. The summed E-state index contributed by atoms with van der Waals surface area (Å²) in [6.07, 6.45) is 4.09. The van der Waals surface area contributed by atoms with Gasteiger partial charge in [-0.25, -0.2) is 0 Å². The standard InChI is InChI=1S/C15H31N3/c1-14(2,3)18-11-9-17(10-12-18)13-15(4)7-5-6-8-16-15/h16H,5-13H2,1-4H3. The van der Waals surface area contributed by atoms with Crippen LogP contribution in [0.25, 0.3) is 0 Å². The molecule has 0 radical (unpaired) electrons. The van der Waals surface area contributed by atoms with Crippen molar-refractivity contribution in [3.05, 3.63) is 0 Å². The fourth-order valence-corrected chi connectivity index (χ4v) is 3.32. The highest BCUT2D eigenvalue weighted by atomic mass is 15.3. The second kappa shape index (κ2) is 5.48. The molecule has 0 aromatic heterocycles. The summed E-state index contributed by atoms with van der Waals surface area (Å²) in [5.41, 5.74) is 0.696. The maximum atomic E-state index is 3.73. The maximum absolute atomic E-state index is 3.73. The van der Waals surface area contributed by atoms with Crippen molar-refractivity contribution in [3.8, 4) is 0 Å². The third-order valence-corrected chi connectivity index (χ3v) is 4.60. The zero-order chi connectivity index (χ0) is 13.2. The van der Waals surface area contributed by atoms with E-state index in [1.165, 1.54) is 58.5 Å². The number of hydrogen-bond donors (Lipinski definition) is 1. The van der Waals surface area contributed by atoms with Crippen LogP contribution in [0.4, 0.5) is 0 Å². The summed E-state index contributed by atoms with van der Waals surface area (Å²) in [4.78, 5) is 5.26. The fourth-order valence-electron chi connectivity index (χ4n) is 3.32. The minimum atomic E-state index is 0.332. The second-order valence-corrected chi connectivity index (χ2v) is 7.38. The predicted molar refractivity (Wildman–Crippen MR) is 78.0 cm³/mol. The summed E-state index contributed by atoms with van der Waals surface area (Å²) >= 11 is 0. The van der Waals surface area contributed by atoms with Gasteiger partial charge in [0.25, 0.3) is 0 Å². The minimum absolute atomic E-state index is 0.332. The van der Waals surface area contributed by atoms with Gasteiger partial charge in [-0.2, -0.15) is 0 Å². The first-order valence-corrected chi connectivity index (χ1v) is 7.62. The van der Waals surface area contributed by atoms with Gasteiger partial charge in [0.15, 0.2) is 0 Å². The van der Waals surface area contributed by atoms with Gasteiger partial charge < -0.3 is 5.32 Å². The molecule has 2 aliphatic heterocycles. The average Bonchev–Trinajstić information content (AvgIpc) is 2.29. The van der Waals surface area contributed by atoms with E-state index in [4.69, 9.17) is 0 Å². The molecule has 2 rings (SSSR count). The van der Waals surface area contributed by atoms with Crippen molar-refractivity contribution in [1.82, 2.24) is 15.1 Å². The Bertz CT molecular complexity index is 255. The van der Waals surface area contributed by atoms with Crippen LogP contribution in [-0.4, -0.2) is 60.1 Å². The molecule has 3 nitrogen and oxygen atoms in total. The predicted octanol–water partition coefficient (Wildman–Crippen LogP) is 1.93. The number of nitrogens with one attached hydrogen (secondary N) is 1. The van der Waals surface area contributed by atoms with Gasteiger partial charge in [0.2, 0.25) is 0 Å². The van der Waals surface area contributed by atoms with Crippen LogP contribution in [0.3, 0.4) is 0 Å². The molecule has 18 heavy (non-hydrogen) atoms. The van der Waals surface area contributed by atoms with Gasteiger partial charge in [-0.3, -0.25) is 9.80 Å². The van der Waals surface area contributed by atoms with Crippen molar-refractivity contribution in [1.29, 1.82) is 0 Å². The summed E-state index contributed by atoms with van der Waals surface area (Å²) < 4.78 is 0. The molecule has 0 amide bonds. The van der Waals surface area contributed by atoms with Crippen molar-refractivity contribution in [2.75, 3.05) is 39.3 Å². The van der Waals surface area contributed by atoms with E-state index in [1.807, 2.05) is 0 Å². The van der Waals surface area contributed by atoms with E-state index >= 15 is 0 Å². The summed E-state index contributed by atoms with van der Waals surface area (Å²) in [7, 11) is 0. The van der Waals surface area contributed by atoms with Gasteiger partial charge in [-0.05, 0) is 47.1 Å². The quantitative estimate of drug-likeness (QED) is 0.811. The molecule has 2 saturated heterocycles. The molecular formula is C15H31N3. The van der Waals surface area contributed by atoms with Crippen molar-refractivity contribution >= 4 is 0 Å². The third-order valence-electron chi connectivity index (χ3n) is 4.60. The maximum Gasteiger partial charge on any atom is 0.0280 e. The Kier molecular flexibility index (Phi) is 4.35. The molecule has 2 fully saturated rings. The van der Waals surface area contributed by atoms with Crippen LogP contribution in [0.2, 0.25) is 0 Å². The molecule has 2 heterocycles. The Morgan fingerprint density at radius 1 is 1.06 bits per heavy atom. The molecule has 0 aromatic carbocycles. The Hall–Kier alpha value is -0.120. The summed E-state index contributed by atoms with van der Waals surface area (Å²) in [6.45, 7) is 16.7. The number of nitrogens with zero attached hydrogens (tertiary/aromatic N) is 2. The average molecular weight is 253 g/mol. The van der Waals surface area contributed by atoms with E-state index in [1.54, 1.807) is 0 Å². The number of piperazine rings is 1. The molecule has 0 bridgehead atoms. The lowest BCUT2D eigenvalue weighted by Crippen LogP contribution is -2.59. The van der Waals surface area contributed by atoms with Gasteiger partial charge >= 0.3 is 0 Å². The Labute approximate surface area is 113 Å². The van der Waals surface area contributed by atoms with E-state index in [0.29, 0.717) is 11.1 Å². The molecule has 1 atom stereocenters. The number of piperidine rings is 1. The van der Waals surface area contributed by atoms with E-state index in [-0.39, 0.29) is 0 Å². The molecule has 2 aliphatic rings. The normalized spacial score (nSPS) is 32.7. The zero-order valence-corrected chi connectivity index (χ0v) is 12.8. The molecule has 0 spiro atoms. The molecule has 0 aliphatic carbocycles. The van der Waals surface area contributed by atoms with Gasteiger partial charge in [-0.1, -0.05) is 6.42 Å². The lowest BCUT2D eigenvalue weighted by Gasteiger charge is -2.45. The second-order valence-electron chi connectivity index (χ2n) is 7.38. The number of rotatable bonds is 2. The van der Waals surface area contributed by atoms with Crippen molar-refractivity contribution in [2.45, 2.75) is 58.0 Å². The highest BCUT2D eigenvalue weighted by Gasteiger charge is 2.31. The van der Waals surface area contributed by atoms with Crippen molar-refractivity contribution < 1.29 is 0 Å². The zero-order valence-electron chi connectivity index (χ0n) is 12.8.